The van der Waals surface area contributed by atoms with E-state index in [2.05, 4.69) is 5.32 Å². The van der Waals surface area contributed by atoms with Gasteiger partial charge in [-0.2, -0.15) is 0 Å². The molecule has 0 saturated carbocycles. The summed E-state index contributed by atoms with van der Waals surface area (Å²) in [6, 6.07) is 19.5. The molecule has 0 unspecified atom stereocenters. The number of nitrogens with one attached hydrogen (secondary N) is 1. The van der Waals surface area contributed by atoms with E-state index in [1.54, 1.807) is 4.90 Å². The molecule has 3 aromatic rings. The van der Waals surface area contributed by atoms with Crippen LogP contribution in [0.25, 0.3) is 10.8 Å². The summed E-state index contributed by atoms with van der Waals surface area (Å²) in [6.07, 6.45) is 0.971. The summed E-state index contributed by atoms with van der Waals surface area (Å²) in [7, 11) is 0. The van der Waals surface area contributed by atoms with Gasteiger partial charge in [-0.25, -0.2) is 0 Å². The minimum atomic E-state index is -0.0924. The van der Waals surface area contributed by atoms with Crippen molar-refractivity contribution in [1.82, 2.24) is 5.32 Å². The molecule has 0 aromatic heterocycles. The highest BCUT2D eigenvalue weighted by molar-refractivity contribution is 6.25. The van der Waals surface area contributed by atoms with E-state index in [9.17, 15) is 9.59 Å². The van der Waals surface area contributed by atoms with E-state index in [0.717, 1.165) is 27.8 Å². The highest BCUT2D eigenvalue weighted by Gasteiger charge is 2.29. The molecule has 1 aliphatic rings. The Bertz CT molecular complexity index is 1070. The minimum Gasteiger partial charge on any atom is -0.491 e. The molecule has 4 rings (SSSR count). The first-order chi connectivity index (χ1) is 14.5. The zero-order valence-corrected chi connectivity index (χ0v) is 17.4. The van der Waals surface area contributed by atoms with Gasteiger partial charge in [0, 0.05) is 23.9 Å². The number of hydrogen-bond donors (Lipinski definition) is 1. The molecule has 1 atom stereocenters. The smallest absolute Gasteiger partial charge is 0.258 e. The van der Waals surface area contributed by atoms with Crippen LogP contribution in [0.3, 0.4) is 0 Å². The standard InChI is InChI=1S/C25H26N2O3/c1-17-11-13-20(14-12-17)30-16-18(2)26-23(28)10-5-15-27-22-9-4-7-19-6-3-8-21(24(19)22)25(27)29/h3-4,6-9,11-14,18H,5,10,15-16H2,1-2H3,(H,26,28)/t18-/m1/s1. The van der Waals surface area contributed by atoms with Crippen molar-refractivity contribution in [3.63, 3.8) is 0 Å². The molecule has 154 valence electrons. The third-order valence-corrected chi connectivity index (χ3v) is 5.36. The first-order valence-electron chi connectivity index (χ1n) is 10.4. The van der Waals surface area contributed by atoms with Crippen molar-refractivity contribution in [3.05, 3.63) is 71.8 Å². The van der Waals surface area contributed by atoms with Gasteiger partial charge in [-0.3, -0.25) is 9.59 Å². The van der Waals surface area contributed by atoms with Crippen LogP contribution in [-0.2, 0) is 4.79 Å². The van der Waals surface area contributed by atoms with Gasteiger partial charge in [0.2, 0.25) is 5.91 Å². The van der Waals surface area contributed by atoms with Crippen LogP contribution in [0.4, 0.5) is 5.69 Å². The van der Waals surface area contributed by atoms with Gasteiger partial charge in [0.15, 0.2) is 0 Å². The molecule has 5 heteroatoms. The molecular formula is C25H26N2O3. The van der Waals surface area contributed by atoms with Crippen LogP contribution in [0.15, 0.2) is 60.7 Å². The van der Waals surface area contributed by atoms with Crippen molar-refractivity contribution in [1.29, 1.82) is 0 Å². The Hall–Kier alpha value is -3.34. The second-order valence-electron chi connectivity index (χ2n) is 7.83. The maximum absolute atomic E-state index is 12.8. The molecule has 1 heterocycles. The van der Waals surface area contributed by atoms with Crippen LogP contribution in [0.2, 0.25) is 0 Å². The van der Waals surface area contributed by atoms with Gasteiger partial charge in [0.25, 0.3) is 5.91 Å². The Kier molecular flexibility index (Phi) is 5.70. The van der Waals surface area contributed by atoms with Crippen LogP contribution in [-0.4, -0.2) is 31.0 Å². The van der Waals surface area contributed by atoms with Crippen molar-refractivity contribution >= 4 is 28.3 Å². The summed E-state index contributed by atoms with van der Waals surface area (Å²) in [4.78, 5) is 26.9. The maximum atomic E-state index is 12.8. The van der Waals surface area contributed by atoms with Crippen molar-refractivity contribution in [3.8, 4) is 5.75 Å². The number of anilines is 1. The number of nitrogens with zero attached hydrogens (tertiary/aromatic N) is 1. The molecule has 0 spiro atoms. The Labute approximate surface area is 176 Å². The van der Waals surface area contributed by atoms with E-state index in [-0.39, 0.29) is 17.9 Å². The van der Waals surface area contributed by atoms with E-state index in [1.807, 2.05) is 74.5 Å². The zero-order valence-electron chi connectivity index (χ0n) is 17.4. The van der Waals surface area contributed by atoms with Gasteiger partial charge >= 0.3 is 0 Å². The molecule has 30 heavy (non-hydrogen) atoms. The SMILES string of the molecule is Cc1ccc(OC[C@@H](C)NC(=O)CCCN2C(=O)c3cccc4cccc2c34)cc1. The molecule has 0 saturated heterocycles. The third-order valence-electron chi connectivity index (χ3n) is 5.36. The topological polar surface area (TPSA) is 58.6 Å². The lowest BCUT2D eigenvalue weighted by Crippen LogP contribution is -2.37. The molecule has 0 radical (unpaired) electrons. The summed E-state index contributed by atoms with van der Waals surface area (Å²) in [5.41, 5.74) is 2.86. The summed E-state index contributed by atoms with van der Waals surface area (Å²) in [6.45, 7) is 4.89. The highest BCUT2D eigenvalue weighted by Crippen LogP contribution is 2.37. The minimum absolute atomic E-state index is 0.0158. The van der Waals surface area contributed by atoms with Crippen LogP contribution in [0.1, 0.15) is 35.7 Å². The fourth-order valence-corrected chi connectivity index (χ4v) is 3.84. The van der Waals surface area contributed by atoms with Gasteiger partial charge in [-0.1, -0.05) is 42.0 Å². The summed E-state index contributed by atoms with van der Waals surface area (Å²) in [5, 5.41) is 5.05. The summed E-state index contributed by atoms with van der Waals surface area (Å²) in [5.74, 6) is 0.780. The van der Waals surface area contributed by atoms with Gasteiger partial charge < -0.3 is 15.0 Å². The molecule has 5 nitrogen and oxygen atoms in total. The molecule has 3 aromatic carbocycles. The van der Waals surface area contributed by atoms with E-state index in [0.29, 0.717) is 26.0 Å². The van der Waals surface area contributed by atoms with Gasteiger partial charge in [-0.15, -0.1) is 0 Å². The first-order valence-corrected chi connectivity index (χ1v) is 10.4. The Morgan fingerprint density at radius 3 is 2.57 bits per heavy atom. The Balaban J connectivity index is 1.25. The van der Waals surface area contributed by atoms with Gasteiger partial charge in [0.1, 0.15) is 12.4 Å². The number of aryl methyl sites for hydroxylation is 1. The second kappa shape index (κ2) is 8.57. The fourth-order valence-electron chi connectivity index (χ4n) is 3.84. The molecule has 0 fully saturated rings. The lowest BCUT2D eigenvalue weighted by Gasteiger charge is -2.18. The lowest BCUT2D eigenvalue weighted by atomic mass is 10.1. The van der Waals surface area contributed by atoms with E-state index < -0.39 is 0 Å². The van der Waals surface area contributed by atoms with Crippen LogP contribution in [0.5, 0.6) is 5.75 Å². The largest absolute Gasteiger partial charge is 0.491 e. The third kappa shape index (κ3) is 4.15. The Morgan fingerprint density at radius 2 is 1.80 bits per heavy atom. The first kappa shape index (κ1) is 20.0. The monoisotopic (exact) mass is 402 g/mol. The highest BCUT2D eigenvalue weighted by atomic mass is 16.5. The number of carbonyl (C=O) groups is 2. The number of amides is 2. The normalized spacial score (nSPS) is 13.5. The quantitative estimate of drug-likeness (QED) is 0.605. The van der Waals surface area contributed by atoms with Crippen LogP contribution >= 0.6 is 0 Å². The van der Waals surface area contributed by atoms with E-state index in [1.165, 1.54) is 5.56 Å². The van der Waals surface area contributed by atoms with Crippen molar-refractivity contribution in [2.75, 3.05) is 18.1 Å². The number of hydrogen-bond acceptors (Lipinski definition) is 3. The Morgan fingerprint density at radius 1 is 1.07 bits per heavy atom. The van der Waals surface area contributed by atoms with Crippen molar-refractivity contribution in [2.45, 2.75) is 32.7 Å². The molecule has 2 amide bonds. The maximum Gasteiger partial charge on any atom is 0.258 e. The van der Waals surface area contributed by atoms with Crippen LogP contribution in [0, 0.1) is 6.92 Å². The van der Waals surface area contributed by atoms with Crippen molar-refractivity contribution < 1.29 is 14.3 Å². The second-order valence-corrected chi connectivity index (χ2v) is 7.83. The number of benzene rings is 3. The van der Waals surface area contributed by atoms with Gasteiger partial charge in [-0.05, 0) is 49.9 Å². The zero-order chi connectivity index (χ0) is 21.1. The molecule has 0 aliphatic carbocycles. The average Bonchev–Trinajstić information content (AvgIpc) is 3.01. The van der Waals surface area contributed by atoms with Crippen LogP contribution < -0.4 is 15.0 Å². The lowest BCUT2D eigenvalue weighted by molar-refractivity contribution is -0.121. The molecule has 0 bridgehead atoms. The number of ether oxygens (including phenoxy) is 1. The predicted octanol–water partition coefficient (Wildman–Crippen LogP) is 4.47. The summed E-state index contributed by atoms with van der Waals surface area (Å²) < 4.78 is 5.72. The van der Waals surface area contributed by atoms with Crippen molar-refractivity contribution in [2.24, 2.45) is 0 Å². The van der Waals surface area contributed by atoms with Gasteiger partial charge in [0.05, 0.1) is 11.7 Å². The molecule has 1 N–H and O–H groups in total. The number of rotatable bonds is 8. The predicted molar refractivity (Wildman–Crippen MR) is 119 cm³/mol. The molecule has 1 aliphatic heterocycles. The fraction of sp³-hybridized carbons (Fsp3) is 0.280. The molecular weight excluding hydrogens is 376 g/mol. The average molecular weight is 402 g/mol. The summed E-state index contributed by atoms with van der Waals surface area (Å²) >= 11 is 0. The van der Waals surface area contributed by atoms with E-state index >= 15 is 0 Å². The number of carbonyl (C=O) groups excluding carboxylic acids is 2. The van der Waals surface area contributed by atoms with E-state index in [4.69, 9.17) is 4.74 Å².